The summed E-state index contributed by atoms with van der Waals surface area (Å²) in [4.78, 5) is 16.4. The minimum Gasteiger partial charge on any atom is -0.360 e. The highest BCUT2D eigenvalue weighted by Crippen LogP contribution is 2.28. The third-order valence-corrected chi connectivity index (χ3v) is 8.82. The smallest absolute Gasteiger partial charge is 0.214 e. The molecule has 0 bridgehead atoms. The van der Waals surface area contributed by atoms with E-state index in [-0.39, 0.29) is 0 Å². The summed E-state index contributed by atoms with van der Waals surface area (Å²) < 4.78 is 0. The second-order valence-electron chi connectivity index (χ2n) is 10.7. The number of aromatic amines is 1. The number of fused-ring (bicyclic) bond motifs is 2. The van der Waals surface area contributed by atoms with Gasteiger partial charge in [0, 0.05) is 52.3 Å². The Morgan fingerprint density at radius 1 is 0.711 bits per heavy atom. The summed E-state index contributed by atoms with van der Waals surface area (Å²) in [5, 5.41) is 3.98. The third-order valence-electron chi connectivity index (χ3n) is 8.35. The maximum atomic E-state index is 6.19. The van der Waals surface area contributed by atoms with Gasteiger partial charge in [0.05, 0.1) is 82.0 Å². The van der Waals surface area contributed by atoms with Crippen LogP contribution in [0.5, 0.6) is 0 Å². The Morgan fingerprint density at radius 2 is 1.29 bits per heavy atom. The van der Waals surface area contributed by atoms with E-state index in [1.54, 1.807) is 9.80 Å². The maximum absolute atomic E-state index is 6.19. The number of pyridine rings is 2. The highest BCUT2D eigenvalue weighted by Gasteiger charge is 2.24. The van der Waals surface area contributed by atoms with Crippen LogP contribution in [0.1, 0.15) is 12.8 Å². The number of hydrogen-bond acceptors (Lipinski definition) is 3. The Hall–Kier alpha value is -2.64. The number of nitrogens with zero attached hydrogens (tertiary/aromatic N) is 3. The predicted molar refractivity (Wildman–Crippen MR) is 157 cm³/mol. The lowest BCUT2D eigenvalue weighted by Gasteiger charge is -2.35. The van der Waals surface area contributed by atoms with E-state index in [0.29, 0.717) is 0 Å². The summed E-state index contributed by atoms with van der Waals surface area (Å²) >= 11 is 12.4. The molecule has 0 saturated carbocycles. The van der Waals surface area contributed by atoms with Gasteiger partial charge in [-0.1, -0.05) is 23.2 Å². The molecule has 2 aliphatic heterocycles. The second-order valence-corrected chi connectivity index (χ2v) is 11.6. The lowest BCUT2D eigenvalue weighted by atomic mass is 10.1. The summed E-state index contributed by atoms with van der Waals surface area (Å²) in [5.74, 6) is 0. The zero-order chi connectivity index (χ0) is 25.9. The number of anilines is 2. The van der Waals surface area contributed by atoms with E-state index in [1.165, 1.54) is 74.3 Å². The number of unbranched alkanes of at least 4 members (excludes halogenated alkanes) is 1. The van der Waals surface area contributed by atoms with Gasteiger partial charge in [-0.15, -0.1) is 0 Å². The van der Waals surface area contributed by atoms with Crippen LogP contribution in [0.3, 0.4) is 0 Å². The van der Waals surface area contributed by atoms with Crippen molar-refractivity contribution < 1.29 is 14.8 Å². The molecule has 2 aromatic heterocycles. The van der Waals surface area contributed by atoms with Gasteiger partial charge in [0.1, 0.15) is 0 Å². The molecule has 3 N–H and O–H groups in total. The summed E-state index contributed by atoms with van der Waals surface area (Å²) in [7, 11) is 0. The van der Waals surface area contributed by atoms with Crippen LogP contribution in [0.4, 0.5) is 11.4 Å². The summed E-state index contributed by atoms with van der Waals surface area (Å²) in [6, 6.07) is 16.5. The summed E-state index contributed by atoms with van der Waals surface area (Å²) in [5.41, 5.74) is 4.69. The number of nitrogens with one attached hydrogen (secondary N) is 3. The standard InChI is InChI=1S/C30H34Cl2N6/c31-23-3-5-25-27(21-23)33-9-7-29(25)37-17-13-35(14-18-37)11-1-2-12-36-15-19-38(20-16-36)30-8-10-34-28-22-24(32)4-6-26(28)30/h3-10,21-22H,1-2,11-20H2/p+3. The Balaban J connectivity index is 0.930. The van der Waals surface area contributed by atoms with Gasteiger partial charge in [0.15, 0.2) is 6.20 Å². The van der Waals surface area contributed by atoms with Crippen molar-refractivity contribution >= 4 is 56.4 Å². The fraction of sp³-hybridized carbons (Fsp3) is 0.400. The van der Waals surface area contributed by atoms with E-state index < -0.39 is 0 Å². The van der Waals surface area contributed by atoms with Gasteiger partial charge in [-0.25, -0.2) is 4.98 Å². The van der Waals surface area contributed by atoms with Crippen molar-refractivity contribution in [1.29, 1.82) is 0 Å². The van der Waals surface area contributed by atoms with Crippen LogP contribution in [-0.4, -0.2) is 70.4 Å². The maximum Gasteiger partial charge on any atom is 0.214 e. The molecule has 6 nitrogen and oxygen atoms in total. The molecule has 0 atom stereocenters. The molecule has 0 radical (unpaired) electrons. The molecule has 2 fully saturated rings. The fourth-order valence-electron chi connectivity index (χ4n) is 6.19. The normalized spacial score (nSPS) is 17.5. The van der Waals surface area contributed by atoms with E-state index in [1.807, 2.05) is 36.7 Å². The number of hydrogen-bond donors (Lipinski definition) is 2. The molecule has 8 heteroatoms. The zero-order valence-corrected chi connectivity index (χ0v) is 23.4. The Labute approximate surface area is 234 Å². The summed E-state index contributed by atoms with van der Waals surface area (Å²) in [6.07, 6.45) is 6.58. The van der Waals surface area contributed by atoms with Gasteiger partial charge in [0.2, 0.25) is 5.52 Å². The molecule has 0 amide bonds. The monoisotopic (exact) mass is 551 g/mol. The van der Waals surface area contributed by atoms with Gasteiger partial charge in [-0.05, 0) is 36.4 Å². The predicted octanol–water partition coefficient (Wildman–Crippen LogP) is 2.40. The van der Waals surface area contributed by atoms with Crippen LogP contribution < -0.4 is 24.6 Å². The van der Waals surface area contributed by atoms with Crippen LogP contribution in [0, 0.1) is 0 Å². The molecule has 2 saturated heterocycles. The molecule has 38 heavy (non-hydrogen) atoms. The van der Waals surface area contributed by atoms with Crippen molar-refractivity contribution in [1.82, 2.24) is 4.98 Å². The van der Waals surface area contributed by atoms with Crippen molar-refractivity contribution in [2.75, 3.05) is 75.2 Å². The van der Waals surface area contributed by atoms with Gasteiger partial charge in [-0.3, -0.25) is 4.98 Å². The number of H-pyrrole nitrogens is 1. The Kier molecular flexibility index (Phi) is 7.84. The van der Waals surface area contributed by atoms with E-state index in [2.05, 4.69) is 44.0 Å². The van der Waals surface area contributed by atoms with Gasteiger partial charge in [-0.2, -0.15) is 0 Å². The largest absolute Gasteiger partial charge is 0.360 e. The minimum absolute atomic E-state index is 0.745. The van der Waals surface area contributed by atoms with Crippen LogP contribution in [0.15, 0.2) is 60.9 Å². The number of piperazine rings is 2. The number of rotatable bonds is 7. The highest BCUT2D eigenvalue weighted by molar-refractivity contribution is 6.31. The third kappa shape index (κ3) is 5.69. The lowest BCUT2D eigenvalue weighted by Crippen LogP contribution is -3.15. The molecular formula is C30H37Cl2N6+3. The van der Waals surface area contributed by atoms with Gasteiger partial charge >= 0.3 is 0 Å². The molecule has 6 rings (SSSR count). The lowest BCUT2D eigenvalue weighted by molar-refractivity contribution is -0.907. The average Bonchev–Trinajstić information content (AvgIpc) is 2.95. The molecule has 198 valence electrons. The molecule has 0 unspecified atom stereocenters. The zero-order valence-electron chi connectivity index (χ0n) is 21.9. The first-order chi connectivity index (χ1) is 18.6. The first-order valence-corrected chi connectivity index (χ1v) is 14.7. The number of halogens is 2. The van der Waals surface area contributed by atoms with Crippen molar-refractivity contribution in [3.05, 3.63) is 71.0 Å². The quantitative estimate of drug-likeness (QED) is 0.346. The fourth-order valence-corrected chi connectivity index (χ4v) is 6.53. The molecular weight excluding hydrogens is 515 g/mol. The van der Waals surface area contributed by atoms with Crippen LogP contribution in [0.2, 0.25) is 10.0 Å². The molecule has 2 aliphatic rings. The van der Waals surface area contributed by atoms with Gasteiger partial charge in [0.25, 0.3) is 0 Å². The first kappa shape index (κ1) is 25.6. The SMILES string of the molecule is Clc1ccc2c(N3CC[NH+](CCCC[NH+]4CCN(c5cc[nH+]c6cc(Cl)ccc56)CC4)CC3)ccnc2c1. The molecule has 0 aliphatic carbocycles. The molecule has 0 spiro atoms. The van der Waals surface area contributed by atoms with E-state index >= 15 is 0 Å². The molecule has 4 heterocycles. The van der Waals surface area contributed by atoms with E-state index in [0.717, 1.165) is 47.3 Å². The number of quaternary nitrogens is 2. The van der Waals surface area contributed by atoms with Crippen molar-refractivity contribution in [3.8, 4) is 0 Å². The Morgan fingerprint density at radius 3 is 1.95 bits per heavy atom. The second kappa shape index (κ2) is 11.6. The van der Waals surface area contributed by atoms with E-state index in [9.17, 15) is 0 Å². The summed E-state index contributed by atoms with van der Waals surface area (Å²) in [6.45, 7) is 11.8. The van der Waals surface area contributed by atoms with Crippen molar-refractivity contribution in [2.24, 2.45) is 0 Å². The Bertz CT molecular complexity index is 1290. The van der Waals surface area contributed by atoms with Crippen LogP contribution in [-0.2, 0) is 0 Å². The van der Waals surface area contributed by atoms with Crippen molar-refractivity contribution in [2.45, 2.75) is 12.8 Å². The number of benzene rings is 2. The first-order valence-electron chi connectivity index (χ1n) is 14.0. The molecule has 4 aromatic rings. The van der Waals surface area contributed by atoms with Gasteiger partial charge < -0.3 is 19.6 Å². The highest BCUT2D eigenvalue weighted by atomic mass is 35.5. The molecule has 2 aromatic carbocycles. The topological polar surface area (TPSA) is 42.4 Å². The van der Waals surface area contributed by atoms with E-state index in [4.69, 9.17) is 23.2 Å². The van der Waals surface area contributed by atoms with Crippen molar-refractivity contribution in [3.63, 3.8) is 0 Å². The average molecular weight is 553 g/mol. The number of aromatic nitrogens is 2. The van der Waals surface area contributed by atoms with Crippen LogP contribution >= 0.6 is 23.2 Å². The minimum atomic E-state index is 0.745. The van der Waals surface area contributed by atoms with Crippen LogP contribution in [0.25, 0.3) is 21.8 Å².